The highest BCUT2D eigenvalue weighted by atomic mass is 79.9. The first-order chi connectivity index (χ1) is 9.90. The van der Waals surface area contributed by atoms with Gasteiger partial charge in [-0.1, -0.05) is 15.9 Å². The number of thioether (sulfide) groups is 1. The molecule has 0 aromatic heterocycles. The monoisotopic (exact) mass is 368 g/mol. The second-order valence-corrected chi connectivity index (χ2v) is 8.13. The van der Waals surface area contributed by atoms with Crippen LogP contribution in [-0.4, -0.2) is 33.4 Å². The van der Waals surface area contributed by atoms with Crippen LogP contribution in [0.1, 0.15) is 25.3 Å². The molecule has 4 nitrogen and oxygen atoms in total. The Hall–Kier alpha value is -1.01. The van der Waals surface area contributed by atoms with Gasteiger partial charge in [0.25, 0.3) is 0 Å². The van der Waals surface area contributed by atoms with E-state index in [0.29, 0.717) is 12.2 Å². The van der Waals surface area contributed by atoms with Crippen LogP contribution >= 0.6 is 27.7 Å². The summed E-state index contributed by atoms with van der Waals surface area (Å²) < 4.78 is 0.983. The van der Waals surface area contributed by atoms with E-state index in [2.05, 4.69) is 28.2 Å². The lowest BCUT2D eigenvalue weighted by molar-refractivity contribution is -0.135. The number of amides is 2. The van der Waals surface area contributed by atoms with Gasteiger partial charge in [-0.2, -0.15) is 0 Å². The molecule has 0 radical (unpaired) electrons. The molecule has 1 aromatic carbocycles. The molecule has 2 heterocycles. The van der Waals surface area contributed by atoms with Gasteiger partial charge in [0, 0.05) is 22.3 Å². The molecule has 0 spiro atoms. The molecule has 2 aliphatic heterocycles. The largest absolute Gasteiger partial charge is 0.324 e. The Morgan fingerprint density at radius 3 is 3.00 bits per heavy atom. The summed E-state index contributed by atoms with van der Waals surface area (Å²) in [5, 5.41) is 2.96. The summed E-state index contributed by atoms with van der Waals surface area (Å²) in [5.41, 5.74) is 1.80. The van der Waals surface area contributed by atoms with Crippen LogP contribution in [0, 0.1) is 6.92 Å². The van der Waals surface area contributed by atoms with E-state index in [1.54, 1.807) is 16.7 Å². The average molecular weight is 369 g/mol. The summed E-state index contributed by atoms with van der Waals surface area (Å²) in [6.07, 6.45) is 1.38. The van der Waals surface area contributed by atoms with Crippen LogP contribution in [0.3, 0.4) is 0 Å². The Kier molecular flexibility index (Phi) is 3.78. The van der Waals surface area contributed by atoms with Crippen LogP contribution < -0.4 is 5.32 Å². The number of carbonyl (C=O) groups is 2. The van der Waals surface area contributed by atoms with Gasteiger partial charge >= 0.3 is 0 Å². The number of aryl methyl sites for hydroxylation is 1. The molecular weight excluding hydrogens is 352 g/mol. The molecule has 6 heteroatoms. The van der Waals surface area contributed by atoms with E-state index in [4.69, 9.17) is 0 Å². The van der Waals surface area contributed by atoms with Gasteiger partial charge in [-0.3, -0.25) is 9.59 Å². The summed E-state index contributed by atoms with van der Waals surface area (Å²) in [4.78, 5) is 26.2. The lowest BCUT2D eigenvalue weighted by Crippen LogP contribution is -2.48. The predicted octanol–water partition coefficient (Wildman–Crippen LogP) is 3.15. The summed E-state index contributed by atoms with van der Waals surface area (Å²) in [6.45, 7) is 4.01. The van der Waals surface area contributed by atoms with Crippen molar-refractivity contribution >= 4 is 45.2 Å². The van der Waals surface area contributed by atoms with Crippen LogP contribution in [0.4, 0.5) is 5.69 Å². The second kappa shape index (κ2) is 5.32. The molecule has 21 heavy (non-hydrogen) atoms. The molecule has 2 aliphatic rings. The Labute approximate surface area is 136 Å². The SMILES string of the molecule is Cc1cc(Br)ccc1NC(=O)[C@H]1CS[C@@]2(C)CCC(=O)N12. The molecule has 2 saturated heterocycles. The third kappa shape index (κ3) is 2.59. The van der Waals surface area contributed by atoms with Crippen LogP contribution in [0.25, 0.3) is 0 Å². The number of halogens is 1. The number of benzene rings is 1. The molecule has 3 rings (SSSR count). The van der Waals surface area contributed by atoms with Crippen LogP contribution in [0.15, 0.2) is 22.7 Å². The van der Waals surface area contributed by atoms with Crippen LogP contribution in [0.2, 0.25) is 0 Å². The number of carbonyl (C=O) groups excluding carboxylic acids is 2. The first kappa shape index (κ1) is 14.9. The summed E-state index contributed by atoms with van der Waals surface area (Å²) in [7, 11) is 0. The van der Waals surface area contributed by atoms with E-state index in [0.717, 1.165) is 22.1 Å². The number of nitrogens with zero attached hydrogens (tertiary/aromatic N) is 1. The molecule has 0 bridgehead atoms. The van der Waals surface area contributed by atoms with Crippen molar-refractivity contribution in [3.05, 3.63) is 28.2 Å². The smallest absolute Gasteiger partial charge is 0.248 e. The number of rotatable bonds is 2. The quantitative estimate of drug-likeness (QED) is 0.871. The summed E-state index contributed by atoms with van der Waals surface area (Å²) in [6, 6.07) is 5.38. The van der Waals surface area contributed by atoms with E-state index in [1.807, 2.05) is 25.1 Å². The van der Waals surface area contributed by atoms with Crippen molar-refractivity contribution in [3.8, 4) is 0 Å². The molecular formula is C15H17BrN2O2S. The molecule has 2 amide bonds. The van der Waals surface area contributed by atoms with Crippen molar-refractivity contribution in [1.29, 1.82) is 0 Å². The molecule has 0 saturated carbocycles. The fourth-order valence-electron chi connectivity index (χ4n) is 3.00. The normalized spacial score (nSPS) is 27.9. The zero-order valence-electron chi connectivity index (χ0n) is 12.0. The van der Waals surface area contributed by atoms with Crippen molar-refractivity contribution in [2.45, 2.75) is 37.6 Å². The highest BCUT2D eigenvalue weighted by Gasteiger charge is 2.52. The fraction of sp³-hybridized carbons (Fsp3) is 0.467. The maximum absolute atomic E-state index is 12.6. The average Bonchev–Trinajstić information content (AvgIpc) is 2.90. The zero-order chi connectivity index (χ0) is 15.2. The van der Waals surface area contributed by atoms with E-state index < -0.39 is 0 Å². The molecule has 112 valence electrons. The third-order valence-electron chi connectivity index (χ3n) is 4.19. The van der Waals surface area contributed by atoms with Gasteiger partial charge in [-0.15, -0.1) is 11.8 Å². The molecule has 0 unspecified atom stereocenters. The highest BCUT2D eigenvalue weighted by Crippen LogP contribution is 2.47. The first-order valence-electron chi connectivity index (χ1n) is 6.94. The predicted molar refractivity (Wildman–Crippen MR) is 88.2 cm³/mol. The van der Waals surface area contributed by atoms with Gasteiger partial charge in [0.15, 0.2) is 0 Å². The minimum atomic E-state index is -0.363. The van der Waals surface area contributed by atoms with Crippen molar-refractivity contribution in [2.75, 3.05) is 11.1 Å². The maximum atomic E-state index is 12.6. The van der Waals surface area contributed by atoms with Crippen molar-refractivity contribution in [1.82, 2.24) is 4.90 Å². The second-order valence-electron chi connectivity index (χ2n) is 5.71. The van der Waals surface area contributed by atoms with Crippen LogP contribution in [-0.2, 0) is 9.59 Å². The fourth-order valence-corrected chi connectivity index (χ4v) is 4.91. The molecule has 1 N–H and O–H groups in total. The van der Waals surface area contributed by atoms with Gasteiger partial charge < -0.3 is 10.2 Å². The summed E-state index contributed by atoms with van der Waals surface area (Å²) >= 11 is 5.12. The topological polar surface area (TPSA) is 49.4 Å². The van der Waals surface area contributed by atoms with E-state index in [9.17, 15) is 9.59 Å². The van der Waals surface area contributed by atoms with Crippen molar-refractivity contribution in [3.63, 3.8) is 0 Å². The van der Waals surface area contributed by atoms with E-state index in [1.165, 1.54) is 0 Å². The van der Waals surface area contributed by atoms with Crippen molar-refractivity contribution < 1.29 is 9.59 Å². The Bertz CT molecular complexity index is 622. The minimum absolute atomic E-state index is 0.0908. The third-order valence-corrected chi connectivity index (χ3v) is 6.19. The van der Waals surface area contributed by atoms with Crippen molar-refractivity contribution in [2.24, 2.45) is 0 Å². The number of anilines is 1. The van der Waals surface area contributed by atoms with Gasteiger partial charge in [0.2, 0.25) is 11.8 Å². The number of nitrogens with one attached hydrogen (secondary N) is 1. The Balaban J connectivity index is 1.78. The summed E-state index contributed by atoms with van der Waals surface area (Å²) in [5.74, 6) is 0.672. The highest BCUT2D eigenvalue weighted by molar-refractivity contribution is 9.10. The lowest BCUT2D eigenvalue weighted by Gasteiger charge is -2.30. The van der Waals surface area contributed by atoms with E-state index >= 15 is 0 Å². The van der Waals surface area contributed by atoms with Gasteiger partial charge in [-0.05, 0) is 44.0 Å². The Morgan fingerprint density at radius 2 is 2.29 bits per heavy atom. The van der Waals surface area contributed by atoms with E-state index in [-0.39, 0.29) is 22.7 Å². The molecule has 1 aromatic rings. The molecule has 2 atom stereocenters. The number of hydrogen-bond acceptors (Lipinski definition) is 3. The van der Waals surface area contributed by atoms with Gasteiger partial charge in [0.05, 0.1) is 4.87 Å². The zero-order valence-corrected chi connectivity index (χ0v) is 14.4. The number of fused-ring (bicyclic) bond motifs is 1. The number of hydrogen-bond donors (Lipinski definition) is 1. The van der Waals surface area contributed by atoms with Gasteiger partial charge in [0.1, 0.15) is 6.04 Å². The maximum Gasteiger partial charge on any atom is 0.248 e. The molecule has 0 aliphatic carbocycles. The molecule has 2 fully saturated rings. The van der Waals surface area contributed by atoms with Gasteiger partial charge in [-0.25, -0.2) is 0 Å². The Morgan fingerprint density at radius 1 is 1.52 bits per heavy atom. The van der Waals surface area contributed by atoms with Crippen LogP contribution in [0.5, 0.6) is 0 Å². The first-order valence-corrected chi connectivity index (χ1v) is 8.72. The lowest BCUT2D eigenvalue weighted by atomic mass is 10.1. The minimum Gasteiger partial charge on any atom is -0.324 e. The standard InChI is InChI=1S/C15H17BrN2O2S/c1-9-7-10(16)3-4-11(9)17-14(20)12-8-21-15(2)6-5-13(19)18(12)15/h3-4,7,12H,5-6,8H2,1-2H3,(H,17,20)/t12-,15+/m1/s1.